The standard InChI is InChI=1S/C14H13N3O2S/c1-11(13-3-2-8-16-10-13)17-20(18,19)14-6-4-12(9-15)5-7-14/h2-8,10-11,17H,1H3. The molecule has 6 heteroatoms. The van der Waals surface area contributed by atoms with Gasteiger partial charge < -0.3 is 0 Å². The molecule has 5 nitrogen and oxygen atoms in total. The Hall–Kier alpha value is -2.23. The van der Waals surface area contributed by atoms with Gasteiger partial charge in [-0.3, -0.25) is 4.98 Å². The first-order valence-corrected chi connectivity index (χ1v) is 7.43. The number of nitrogens with zero attached hydrogens (tertiary/aromatic N) is 2. The lowest BCUT2D eigenvalue weighted by atomic mass is 10.2. The summed E-state index contributed by atoms with van der Waals surface area (Å²) >= 11 is 0. The second-order valence-corrected chi connectivity index (χ2v) is 5.98. The van der Waals surface area contributed by atoms with Gasteiger partial charge in [0, 0.05) is 18.4 Å². The number of hydrogen-bond acceptors (Lipinski definition) is 4. The number of nitriles is 1. The van der Waals surface area contributed by atoms with Crippen LogP contribution in [0.3, 0.4) is 0 Å². The van der Waals surface area contributed by atoms with Crippen LogP contribution in [0.5, 0.6) is 0 Å². The molecule has 0 bridgehead atoms. The highest BCUT2D eigenvalue weighted by Crippen LogP contribution is 2.16. The summed E-state index contributed by atoms with van der Waals surface area (Å²) in [5.41, 5.74) is 1.20. The van der Waals surface area contributed by atoms with Crippen molar-refractivity contribution in [3.8, 4) is 6.07 Å². The van der Waals surface area contributed by atoms with Gasteiger partial charge in [-0.15, -0.1) is 0 Å². The molecular formula is C14H13N3O2S. The van der Waals surface area contributed by atoms with E-state index in [1.165, 1.54) is 24.3 Å². The molecule has 0 aliphatic rings. The molecule has 1 N–H and O–H groups in total. The largest absolute Gasteiger partial charge is 0.264 e. The summed E-state index contributed by atoms with van der Waals surface area (Å²) in [5.74, 6) is 0. The van der Waals surface area contributed by atoms with E-state index in [1.807, 2.05) is 6.07 Å². The lowest BCUT2D eigenvalue weighted by molar-refractivity contribution is 0.566. The van der Waals surface area contributed by atoms with E-state index < -0.39 is 10.0 Å². The number of nitrogens with one attached hydrogen (secondary N) is 1. The molecule has 0 radical (unpaired) electrons. The molecule has 20 heavy (non-hydrogen) atoms. The third kappa shape index (κ3) is 3.20. The third-order valence-corrected chi connectivity index (χ3v) is 4.37. The van der Waals surface area contributed by atoms with Crippen molar-refractivity contribution in [3.63, 3.8) is 0 Å². The average molecular weight is 287 g/mol. The maximum Gasteiger partial charge on any atom is 0.241 e. The van der Waals surface area contributed by atoms with Gasteiger partial charge in [-0.2, -0.15) is 5.26 Å². The quantitative estimate of drug-likeness (QED) is 0.932. The van der Waals surface area contributed by atoms with E-state index >= 15 is 0 Å². The molecule has 0 spiro atoms. The van der Waals surface area contributed by atoms with E-state index in [9.17, 15) is 8.42 Å². The zero-order valence-corrected chi connectivity index (χ0v) is 11.6. The molecule has 1 unspecified atom stereocenters. The fourth-order valence-corrected chi connectivity index (χ4v) is 2.94. The van der Waals surface area contributed by atoms with Gasteiger partial charge in [0.25, 0.3) is 0 Å². The van der Waals surface area contributed by atoms with Gasteiger partial charge in [-0.05, 0) is 42.8 Å². The molecule has 102 valence electrons. The maximum atomic E-state index is 12.2. The lowest BCUT2D eigenvalue weighted by Gasteiger charge is -2.14. The summed E-state index contributed by atoms with van der Waals surface area (Å²) in [6.45, 7) is 1.75. The van der Waals surface area contributed by atoms with E-state index in [2.05, 4.69) is 9.71 Å². The van der Waals surface area contributed by atoms with E-state index in [4.69, 9.17) is 5.26 Å². The van der Waals surface area contributed by atoms with Crippen molar-refractivity contribution in [2.45, 2.75) is 17.9 Å². The molecular weight excluding hydrogens is 274 g/mol. The molecule has 1 heterocycles. The maximum absolute atomic E-state index is 12.2. The second kappa shape index (κ2) is 5.82. The molecule has 1 aromatic heterocycles. The van der Waals surface area contributed by atoms with Gasteiger partial charge >= 0.3 is 0 Å². The Morgan fingerprint density at radius 2 is 1.95 bits per heavy atom. The topological polar surface area (TPSA) is 82.9 Å². The Balaban J connectivity index is 2.21. The molecule has 0 aliphatic carbocycles. The van der Waals surface area contributed by atoms with Crippen LogP contribution in [0.1, 0.15) is 24.1 Å². The van der Waals surface area contributed by atoms with Gasteiger partial charge in [-0.25, -0.2) is 13.1 Å². The van der Waals surface area contributed by atoms with Gasteiger partial charge in [0.1, 0.15) is 0 Å². The minimum atomic E-state index is -3.62. The number of sulfonamides is 1. The Morgan fingerprint density at radius 1 is 1.25 bits per heavy atom. The molecule has 0 aliphatic heterocycles. The first-order chi connectivity index (χ1) is 9.53. The Labute approximate surface area is 118 Å². The van der Waals surface area contributed by atoms with Gasteiger partial charge in [-0.1, -0.05) is 6.07 Å². The van der Waals surface area contributed by atoms with Crippen molar-refractivity contribution in [3.05, 3.63) is 59.9 Å². The van der Waals surface area contributed by atoms with E-state index in [1.54, 1.807) is 31.5 Å². The molecule has 0 saturated heterocycles. The minimum Gasteiger partial charge on any atom is -0.264 e. The van der Waals surface area contributed by atoms with E-state index in [-0.39, 0.29) is 10.9 Å². The van der Waals surface area contributed by atoms with Gasteiger partial charge in [0.15, 0.2) is 0 Å². The molecule has 2 aromatic rings. The van der Waals surface area contributed by atoms with Crippen molar-refractivity contribution >= 4 is 10.0 Å². The summed E-state index contributed by atoms with van der Waals surface area (Å²) in [6.07, 6.45) is 3.25. The highest BCUT2D eigenvalue weighted by atomic mass is 32.2. The fraction of sp³-hybridized carbons (Fsp3) is 0.143. The molecule has 0 amide bonds. The zero-order valence-electron chi connectivity index (χ0n) is 10.8. The zero-order chi connectivity index (χ0) is 14.6. The number of rotatable bonds is 4. The third-order valence-electron chi connectivity index (χ3n) is 2.81. The number of aromatic nitrogens is 1. The molecule has 2 rings (SSSR count). The van der Waals surface area contributed by atoms with E-state index in [0.717, 1.165) is 5.56 Å². The Kier molecular flexibility index (Phi) is 4.13. The Morgan fingerprint density at radius 3 is 2.50 bits per heavy atom. The highest BCUT2D eigenvalue weighted by molar-refractivity contribution is 7.89. The summed E-state index contributed by atoms with van der Waals surface area (Å²) in [6, 6.07) is 10.9. The summed E-state index contributed by atoms with van der Waals surface area (Å²) in [4.78, 5) is 4.09. The predicted molar refractivity (Wildman–Crippen MR) is 74.1 cm³/mol. The number of benzene rings is 1. The van der Waals surface area contributed by atoms with Crippen LogP contribution in [-0.2, 0) is 10.0 Å². The Bertz CT molecular complexity index is 719. The minimum absolute atomic E-state index is 0.132. The molecule has 0 saturated carbocycles. The average Bonchev–Trinajstić information content (AvgIpc) is 2.48. The van der Waals surface area contributed by atoms with Crippen molar-refractivity contribution in [1.82, 2.24) is 9.71 Å². The molecule has 0 fully saturated rings. The predicted octanol–water partition coefficient (Wildman–Crippen LogP) is 1.99. The first kappa shape index (κ1) is 14.2. The molecule has 1 atom stereocenters. The summed E-state index contributed by atoms with van der Waals surface area (Å²) in [5, 5.41) is 8.70. The second-order valence-electron chi connectivity index (χ2n) is 4.27. The van der Waals surface area contributed by atoms with Gasteiger partial charge in [0.05, 0.1) is 16.5 Å². The van der Waals surface area contributed by atoms with Crippen LogP contribution in [0.25, 0.3) is 0 Å². The van der Waals surface area contributed by atoms with Crippen molar-refractivity contribution < 1.29 is 8.42 Å². The molecule has 1 aromatic carbocycles. The SMILES string of the molecule is CC(NS(=O)(=O)c1ccc(C#N)cc1)c1cccnc1. The van der Waals surface area contributed by atoms with Crippen LogP contribution >= 0.6 is 0 Å². The number of hydrogen-bond donors (Lipinski definition) is 1. The van der Waals surface area contributed by atoms with Crippen LogP contribution in [0.15, 0.2) is 53.7 Å². The van der Waals surface area contributed by atoms with Crippen LogP contribution in [-0.4, -0.2) is 13.4 Å². The fourth-order valence-electron chi connectivity index (χ4n) is 1.71. The van der Waals surface area contributed by atoms with Gasteiger partial charge in [0.2, 0.25) is 10.0 Å². The van der Waals surface area contributed by atoms with Crippen LogP contribution in [0, 0.1) is 11.3 Å². The lowest BCUT2D eigenvalue weighted by Crippen LogP contribution is -2.26. The highest BCUT2D eigenvalue weighted by Gasteiger charge is 2.18. The van der Waals surface area contributed by atoms with E-state index in [0.29, 0.717) is 5.56 Å². The van der Waals surface area contributed by atoms with Crippen LogP contribution in [0.4, 0.5) is 0 Å². The summed E-state index contributed by atoms with van der Waals surface area (Å²) in [7, 11) is -3.62. The normalized spacial score (nSPS) is 12.6. The van der Waals surface area contributed by atoms with Crippen LogP contribution < -0.4 is 4.72 Å². The first-order valence-electron chi connectivity index (χ1n) is 5.95. The number of pyridine rings is 1. The van der Waals surface area contributed by atoms with Crippen LogP contribution in [0.2, 0.25) is 0 Å². The van der Waals surface area contributed by atoms with Crippen molar-refractivity contribution in [1.29, 1.82) is 5.26 Å². The smallest absolute Gasteiger partial charge is 0.241 e. The van der Waals surface area contributed by atoms with Crippen molar-refractivity contribution in [2.24, 2.45) is 0 Å². The summed E-state index contributed by atoms with van der Waals surface area (Å²) < 4.78 is 27.0. The van der Waals surface area contributed by atoms with Crippen molar-refractivity contribution in [2.75, 3.05) is 0 Å². The monoisotopic (exact) mass is 287 g/mol.